The van der Waals surface area contributed by atoms with Crippen LogP contribution in [-0.2, 0) is 6.54 Å². The molecule has 0 radical (unpaired) electrons. The van der Waals surface area contributed by atoms with Gasteiger partial charge in [0.1, 0.15) is 0 Å². The fourth-order valence-corrected chi connectivity index (χ4v) is 2.15. The van der Waals surface area contributed by atoms with Gasteiger partial charge >= 0.3 is 0 Å². The van der Waals surface area contributed by atoms with Crippen molar-refractivity contribution in [2.24, 2.45) is 5.92 Å². The maximum atomic E-state index is 5.60. The second-order valence-corrected chi connectivity index (χ2v) is 4.38. The molecule has 0 amide bonds. The number of rotatable bonds is 3. The maximum absolute atomic E-state index is 5.60. The van der Waals surface area contributed by atoms with Gasteiger partial charge in [0, 0.05) is 13.1 Å². The van der Waals surface area contributed by atoms with Crippen molar-refractivity contribution in [3.63, 3.8) is 0 Å². The van der Waals surface area contributed by atoms with Gasteiger partial charge in [0.25, 0.3) is 0 Å². The number of hydrogen-bond donors (Lipinski definition) is 1. The molecule has 0 bridgehead atoms. The predicted molar refractivity (Wildman–Crippen MR) is 62.3 cm³/mol. The predicted octanol–water partition coefficient (Wildman–Crippen LogP) is 1.90. The highest BCUT2D eigenvalue weighted by Crippen LogP contribution is 2.20. The number of anilines is 1. The van der Waals surface area contributed by atoms with Crippen LogP contribution in [0.15, 0.2) is 18.3 Å². The Labute approximate surface area is 91.3 Å². The quantitative estimate of drug-likeness (QED) is 0.819. The molecule has 3 heteroatoms. The minimum atomic E-state index is 0.742. The van der Waals surface area contributed by atoms with E-state index in [1.807, 2.05) is 12.1 Å². The zero-order valence-electron chi connectivity index (χ0n) is 9.32. The van der Waals surface area contributed by atoms with E-state index in [1.165, 1.54) is 25.9 Å². The van der Waals surface area contributed by atoms with Crippen LogP contribution < -0.4 is 5.73 Å². The summed E-state index contributed by atoms with van der Waals surface area (Å²) >= 11 is 0. The molecule has 2 heterocycles. The van der Waals surface area contributed by atoms with E-state index in [0.717, 1.165) is 23.8 Å². The van der Waals surface area contributed by atoms with Crippen LogP contribution in [0.2, 0.25) is 0 Å². The van der Waals surface area contributed by atoms with Crippen molar-refractivity contribution in [2.45, 2.75) is 26.3 Å². The second kappa shape index (κ2) is 4.62. The molecule has 2 rings (SSSR count). The largest absolute Gasteiger partial charge is 0.397 e. The van der Waals surface area contributed by atoms with Crippen molar-refractivity contribution < 1.29 is 0 Å². The van der Waals surface area contributed by atoms with Gasteiger partial charge in [-0.25, -0.2) is 0 Å². The van der Waals surface area contributed by atoms with Crippen LogP contribution in [0.4, 0.5) is 5.69 Å². The van der Waals surface area contributed by atoms with Crippen LogP contribution in [0.25, 0.3) is 0 Å². The van der Waals surface area contributed by atoms with Gasteiger partial charge < -0.3 is 5.73 Å². The lowest BCUT2D eigenvalue weighted by molar-refractivity contribution is 0.311. The number of likely N-dealkylation sites (tertiary alicyclic amines) is 1. The molecule has 3 nitrogen and oxygen atoms in total. The Morgan fingerprint density at radius 2 is 2.40 bits per heavy atom. The van der Waals surface area contributed by atoms with Crippen LogP contribution in [-0.4, -0.2) is 23.0 Å². The van der Waals surface area contributed by atoms with E-state index in [4.69, 9.17) is 5.73 Å². The highest BCUT2D eigenvalue weighted by molar-refractivity contribution is 5.34. The van der Waals surface area contributed by atoms with E-state index in [0.29, 0.717) is 0 Å². The first-order chi connectivity index (χ1) is 7.28. The lowest BCUT2D eigenvalue weighted by Crippen LogP contribution is -2.20. The number of pyridine rings is 1. The van der Waals surface area contributed by atoms with Crippen molar-refractivity contribution >= 4 is 5.69 Å². The van der Waals surface area contributed by atoms with Crippen molar-refractivity contribution in [1.29, 1.82) is 0 Å². The normalized spacial score (nSPS) is 22.1. The summed E-state index contributed by atoms with van der Waals surface area (Å²) in [5, 5.41) is 0. The second-order valence-electron chi connectivity index (χ2n) is 4.38. The van der Waals surface area contributed by atoms with Gasteiger partial charge in [-0.15, -0.1) is 0 Å². The third kappa shape index (κ3) is 2.69. The van der Waals surface area contributed by atoms with Gasteiger partial charge in [0.15, 0.2) is 0 Å². The zero-order valence-corrected chi connectivity index (χ0v) is 9.32. The lowest BCUT2D eigenvalue weighted by Gasteiger charge is -2.14. The molecule has 1 unspecified atom stereocenters. The summed E-state index contributed by atoms with van der Waals surface area (Å²) in [5.74, 6) is 0.888. The molecule has 0 aliphatic carbocycles. The molecule has 0 aromatic carbocycles. The van der Waals surface area contributed by atoms with E-state index in [2.05, 4.69) is 16.8 Å². The highest BCUT2D eigenvalue weighted by Gasteiger charge is 2.20. The molecular weight excluding hydrogens is 186 g/mol. The molecule has 1 aliphatic rings. The van der Waals surface area contributed by atoms with Gasteiger partial charge in [-0.05, 0) is 31.0 Å². The Kier molecular flexibility index (Phi) is 3.21. The summed E-state index contributed by atoms with van der Waals surface area (Å²) in [6.45, 7) is 5.68. The molecule has 1 aromatic heterocycles. The first kappa shape index (κ1) is 10.4. The third-order valence-corrected chi connectivity index (χ3v) is 3.18. The molecule has 1 atom stereocenters. The number of aromatic nitrogens is 1. The van der Waals surface area contributed by atoms with Crippen LogP contribution in [0, 0.1) is 5.92 Å². The van der Waals surface area contributed by atoms with Gasteiger partial charge in [0.05, 0.1) is 17.6 Å². The van der Waals surface area contributed by atoms with Crippen molar-refractivity contribution in [2.75, 3.05) is 18.8 Å². The summed E-state index contributed by atoms with van der Waals surface area (Å²) in [6, 6.07) is 3.95. The molecule has 82 valence electrons. The topological polar surface area (TPSA) is 42.1 Å². The smallest absolute Gasteiger partial charge is 0.0545 e. The van der Waals surface area contributed by atoms with Gasteiger partial charge in [0.2, 0.25) is 0 Å². The Balaban J connectivity index is 1.90. The molecule has 1 aliphatic heterocycles. The van der Waals surface area contributed by atoms with E-state index in [1.54, 1.807) is 6.20 Å². The van der Waals surface area contributed by atoms with Crippen molar-refractivity contribution in [3.05, 3.63) is 24.0 Å². The zero-order chi connectivity index (χ0) is 10.7. The van der Waals surface area contributed by atoms with Gasteiger partial charge in [-0.2, -0.15) is 0 Å². The van der Waals surface area contributed by atoms with E-state index in [9.17, 15) is 0 Å². The van der Waals surface area contributed by atoms with Crippen LogP contribution in [0.5, 0.6) is 0 Å². The minimum absolute atomic E-state index is 0.742. The Morgan fingerprint density at radius 3 is 3.00 bits per heavy atom. The first-order valence-corrected chi connectivity index (χ1v) is 5.70. The van der Waals surface area contributed by atoms with E-state index in [-0.39, 0.29) is 0 Å². The Morgan fingerprint density at radius 1 is 1.53 bits per heavy atom. The van der Waals surface area contributed by atoms with Crippen LogP contribution in [0.1, 0.15) is 25.5 Å². The molecule has 15 heavy (non-hydrogen) atoms. The Hall–Kier alpha value is -1.09. The molecule has 2 N–H and O–H groups in total. The van der Waals surface area contributed by atoms with Crippen LogP contribution >= 0.6 is 0 Å². The molecule has 1 saturated heterocycles. The first-order valence-electron chi connectivity index (χ1n) is 5.70. The number of nitrogens with zero attached hydrogens (tertiary/aromatic N) is 2. The number of nitrogen functional groups attached to an aromatic ring is 1. The van der Waals surface area contributed by atoms with Crippen molar-refractivity contribution in [3.8, 4) is 0 Å². The summed E-state index contributed by atoms with van der Waals surface area (Å²) < 4.78 is 0. The fourth-order valence-electron chi connectivity index (χ4n) is 2.15. The third-order valence-electron chi connectivity index (χ3n) is 3.18. The SMILES string of the molecule is CCC1CCN(Cc2ccc(N)cn2)C1. The maximum Gasteiger partial charge on any atom is 0.0545 e. The van der Waals surface area contributed by atoms with E-state index >= 15 is 0 Å². The fraction of sp³-hybridized carbons (Fsp3) is 0.583. The van der Waals surface area contributed by atoms with Crippen molar-refractivity contribution in [1.82, 2.24) is 9.88 Å². The summed E-state index contributed by atoms with van der Waals surface area (Å²) in [5.41, 5.74) is 7.47. The molecular formula is C12H19N3. The lowest BCUT2D eigenvalue weighted by atomic mass is 10.1. The molecule has 1 fully saturated rings. The monoisotopic (exact) mass is 205 g/mol. The minimum Gasteiger partial charge on any atom is -0.397 e. The standard InChI is InChI=1S/C12H19N3/c1-2-10-5-6-15(8-10)9-12-4-3-11(13)7-14-12/h3-4,7,10H,2,5-6,8-9,13H2,1H3. The molecule has 0 saturated carbocycles. The average molecular weight is 205 g/mol. The van der Waals surface area contributed by atoms with Gasteiger partial charge in [-0.1, -0.05) is 13.3 Å². The van der Waals surface area contributed by atoms with E-state index < -0.39 is 0 Å². The number of hydrogen-bond acceptors (Lipinski definition) is 3. The molecule has 0 spiro atoms. The Bertz CT molecular complexity index is 307. The van der Waals surface area contributed by atoms with Crippen LogP contribution in [0.3, 0.4) is 0 Å². The van der Waals surface area contributed by atoms with Gasteiger partial charge in [-0.3, -0.25) is 9.88 Å². The average Bonchev–Trinajstić information content (AvgIpc) is 2.69. The summed E-state index contributed by atoms with van der Waals surface area (Å²) in [4.78, 5) is 6.80. The number of nitrogens with two attached hydrogens (primary N) is 1. The summed E-state index contributed by atoms with van der Waals surface area (Å²) in [7, 11) is 0. The molecule has 1 aromatic rings. The highest BCUT2D eigenvalue weighted by atomic mass is 15.1. The summed E-state index contributed by atoms with van der Waals surface area (Å²) in [6.07, 6.45) is 4.37.